The number of ether oxygens (including phenoxy) is 2. The zero-order chi connectivity index (χ0) is 13.2. The Bertz CT molecular complexity index is 641. The van der Waals surface area contributed by atoms with Crippen LogP contribution in [0.5, 0.6) is 0 Å². The van der Waals surface area contributed by atoms with Crippen molar-refractivity contribution in [2.45, 2.75) is 6.29 Å². The van der Waals surface area contributed by atoms with E-state index in [9.17, 15) is 0 Å². The lowest BCUT2D eigenvalue weighted by Gasteiger charge is -2.04. The van der Waals surface area contributed by atoms with E-state index >= 15 is 0 Å². The molecule has 1 fully saturated rings. The van der Waals surface area contributed by atoms with Crippen molar-refractivity contribution in [3.05, 3.63) is 45.2 Å². The van der Waals surface area contributed by atoms with Crippen LogP contribution in [0.2, 0.25) is 0 Å². The largest absolute Gasteiger partial charge is 0.345 e. The maximum Gasteiger partial charge on any atom is 0.193 e. The van der Waals surface area contributed by atoms with Gasteiger partial charge in [0.1, 0.15) is 0 Å². The summed E-state index contributed by atoms with van der Waals surface area (Å²) in [5, 5.41) is 8.96. The first-order valence-electron chi connectivity index (χ1n) is 5.81. The minimum absolute atomic E-state index is 0.255. The van der Waals surface area contributed by atoms with Gasteiger partial charge in [-0.2, -0.15) is 5.26 Å². The average Bonchev–Trinajstić information content (AvgIpc) is 3.07. The van der Waals surface area contributed by atoms with Gasteiger partial charge in [0.05, 0.1) is 29.7 Å². The van der Waals surface area contributed by atoms with Gasteiger partial charge in [-0.3, -0.25) is 0 Å². The normalized spacial score (nSPS) is 15.6. The fourth-order valence-corrected chi connectivity index (χ4v) is 3.87. The number of nitriles is 1. The number of halogens is 1. The van der Waals surface area contributed by atoms with Crippen LogP contribution in [0.25, 0.3) is 10.4 Å². The molecule has 3 nitrogen and oxygen atoms in total. The van der Waals surface area contributed by atoms with Crippen molar-refractivity contribution in [1.29, 1.82) is 5.26 Å². The van der Waals surface area contributed by atoms with E-state index in [1.54, 1.807) is 17.4 Å². The van der Waals surface area contributed by atoms with E-state index in [1.165, 1.54) is 0 Å². The molecule has 5 heteroatoms. The van der Waals surface area contributed by atoms with Crippen LogP contribution in [0.4, 0.5) is 0 Å². The van der Waals surface area contributed by atoms with E-state index in [1.807, 2.05) is 24.3 Å². The second-order valence-corrected chi connectivity index (χ2v) is 6.03. The van der Waals surface area contributed by atoms with Crippen LogP contribution < -0.4 is 0 Å². The number of nitrogens with zero attached hydrogens (tertiary/aromatic N) is 1. The quantitative estimate of drug-likeness (QED) is 0.829. The molecule has 0 N–H and O–H groups in total. The molecule has 2 heterocycles. The Morgan fingerprint density at radius 3 is 2.79 bits per heavy atom. The first-order chi connectivity index (χ1) is 9.28. The van der Waals surface area contributed by atoms with Crippen molar-refractivity contribution >= 4 is 27.3 Å². The second-order valence-electron chi connectivity index (χ2n) is 4.09. The smallest absolute Gasteiger partial charge is 0.193 e. The zero-order valence-electron chi connectivity index (χ0n) is 9.93. The molecule has 0 aliphatic carbocycles. The molecule has 0 radical (unpaired) electrons. The fraction of sp³-hybridized carbons (Fsp3) is 0.214. The van der Waals surface area contributed by atoms with Gasteiger partial charge in [0.15, 0.2) is 6.29 Å². The van der Waals surface area contributed by atoms with Crippen LogP contribution in [-0.4, -0.2) is 13.2 Å². The number of thiophene rings is 1. The van der Waals surface area contributed by atoms with Gasteiger partial charge in [-0.25, -0.2) is 0 Å². The molecular formula is C14H10BrNO2S. The molecule has 0 bridgehead atoms. The van der Waals surface area contributed by atoms with E-state index < -0.39 is 0 Å². The lowest BCUT2D eigenvalue weighted by molar-refractivity contribution is -0.0413. The molecule has 1 aliphatic heterocycles. The molecule has 0 spiro atoms. The summed E-state index contributed by atoms with van der Waals surface area (Å²) in [5.74, 6) is 0. The third-order valence-corrected chi connectivity index (χ3v) is 4.91. The van der Waals surface area contributed by atoms with Gasteiger partial charge in [0, 0.05) is 9.35 Å². The Kier molecular flexibility index (Phi) is 3.67. The van der Waals surface area contributed by atoms with Crippen LogP contribution in [0.15, 0.2) is 34.8 Å². The summed E-state index contributed by atoms with van der Waals surface area (Å²) in [7, 11) is 0. The van der Waals surface area contributed by atoms with Crippen LogP contribution in [0.1, 0.15) is 16.7 Å². The Hall–Kier alpha value is -1.19. The summed E-state index contributed by atoms with van der Waals surface area (Å²) >= 11 is 5.19. The Labute approximate surface area is 123 Å². The summed E-state index contributed by atoms with van der Waals surface area (Å²) in [6.45, 7) is 1.28. The number of benzene rings is 1. The van der Waals surface area contributed by atoms with Gasteiger partial charge in [-0.1, -0.05) is 12.1 Å². The van der Waals surface area contributed by atoms with Crippen molar-refractivity contribution in [2.75, 3.05) is 13.2 Å². The monoisotopic (exact) mass is 335 g/mol. The third-order valence-electron chi connectivity index (χ3n) is 2.81. The van der Waals surface area contributed by atoms with Crippen molar-refractivity contribution in [2.24, 2.45) is 0 Å². The number of hydrogen-bond donors (Lipinski definition) is 0. The van der Waals surface area contributed by atoms with Gasteiger partial charge in [-0.05, 0) is 39.7 Å². The number of rotatable bonds is 2. The molecule has 2 aromatic rings. The summed E-state index contributed by atoms with van der Waals surface area (Å²) in [4.78, 5) is 2.13. The van der Waals surface area contributed by atoms with E-state index in [4.69, 9.17) is 14.7 Å². The van der Waals surface area contributed by atoms with E-state index in [0.29, 0.717) is 18.8 Å². The first kappa shape index (κ1) is 12.8. The van der Waals surface area contributed by atoms with Crippen LogP contribution >= 0.6 is 27.3 Å². The molecule has 19 heavy (non-hydrogen) atoms. The van der Waals surface area contributed by atoms with E-state index in [2.05, 4.69) is 22.0 Å². The molecule has 96 valence electrons. The highest BCUT2D eigenvalue weighted by Gasteiger charge is 2.22. The molecular weight excluding hydrogens is 326 g/mol. The van der Waals surface area contributed by atoms with Crippen molar-refractivity contribution in [3.63, 3.8) is 0 Å². The summed E-state index contributed by atoms with van der Waals surface area (Å²) < 4.78 is 12.0. The molecule has 1 aromatic heterocycles. The molecule has 0 atom stereocenters. The fourth-order valence-electron chi connectivity index (χ4n) is 1.95. The van der Waals surface area contributed by atoms with Gasteiger partial charge >= 0.3 is 0 Å². The second kappa shape index (κ2) is 5.43. The zero-order valence-corrected chi connectivity index (χ0v) is 12.3. The third kappa shape index (κ3) is 2.58. The van der Waals surface area contributed by atoms with Crippen molar-refractivity contribution in [3.8, 4) is 16.5 Å². The van der Waals surface area contributed by atoms with Crippen molar-refractivity contribution in [1.82, 2.24) is 0 Å². The van der Waals surface area contributed by atoms with Crippen molar-refractivity contribution < 1.29 is 9.47 Å². The molecule has 1 aromatic carbocycles. The minimum Gasteiger partial charge on any atom is -0.345 e. The molecule has 0 amide bonds. The van der Waals surface area contributed by atoms with Crippen LogP contribution in [-0.2, 0) is 9.47 Å². The highest BCUT2D eigenvalue weighted by molar-refractivity contribution is 9.10. The molecule has 3 rings (SSSR count). The Morgan fingerprint density at radius 1 is 1.26 bits per heavy atom. The predicted molar refractivity (Wildman–Crippen MR) is 76.8 cm³/mol. The van der Waals surface area contributed by atoms with Crippen LogP contribution in [0.3, 0.4) is 0 Å². The van der Waals surface area contributed by atoms with Crippen LogP contribution in [0, 0.1) is 11.3 Å². The molecule has 1 aliphatic rings. The highest BCUT2D eigenvalue weighted by atomic mass is 79.9. The van der Waals surface area contributed by atoms with E-state index in [-0.39, 0.29) is 6.29 Å². The Morgan fingerprint density at radius 2 is 2.05 bits per heavy atom. The first-order valence-corrected chi connectivity index (χ1v) is 7.42. The maximum absolute atomic E-state index is 8.96. The summed E-state index contributed by atoms with van der Waals surface area (Å²) in [6.07, 6.45) is -0.255. The minimum atomic E-state index is -0.255. The topological polar surface area (TPSA) is 42.2 Å². The van der Waals surface area contributed by atoms with Gasteiger partial charge in [0.25, 0.3) is 0 Å². The standard InChI is InChI=1S/C14H10BrNO2S/c15-11-7-12(14-17-4-5-18-14)19-13(11)10-3-1-2-9(6-10)8-16/h1-3,6-7,14H,4-5H2. The molecule has 0 saturated carbocycles. The average molecular weight is 336 g/mol. The highest BCUT2D eigenvalue weighted by Crippen LogP contribution is 2.41. The lowest BCUT2D eigenvalue weighted by atomic mass is 10.1. The number of hydrogen-bond acceptors (Lipinski definition) is 4. The van der Waals surface area contributed by atoms with Gasteiger partial charge < -0.3 is 9.47 Å². The SMILES string of the molecule is N#Cc1cccc(-c2sc(C3OCCO3)cc2Br)c1. The Balaban J connectivity index is 1.98. The van der Waals surface area contributed by atoms with E-state index in [0.717, 1.165) is 19.8 Å². The predicted octanol–water partition coefficient (Wildman–Crippen LogP) is 4.09. The lowest BCUT2D eigenvalue weighted by Crippen LogP contribution is -1.93. The molecule has 1 saturated heterocycles. The summed E-state index contributed by atoms with van der Waals surface area (Å²) in [5.41, 5.74) is 1.69. The van der Waals surface area contributed by atoms with Gasteiger partial charge in [-0.15, -0.1) is 11.3 Å². The maximum atomic E-state index is 8.96. The molecule has 0 unspecified atom stereocenters. The van der Waals surface area contributed by atoms with Gasteiger partial charge in [0.2, 0.25) is 0 Å². The summed E-state index contributed by atoms with van der Waals surface area (Å²) in [6, 6.07) is 11.8.